The lowest BCUT2D eigenvalue weighted by Gasteiger charge is -2.47. The second kappa shape index (κ2) is 9.61. The second-order valence-electron chi connectivity index (χ2n) is 9.72. The minimum absolute atomic E-state index is 0.0778. The van der Waals surface area contributed by atoms with Gasteiger partial charge in [-0.05, 0) is 86.5 Å². The van der Waals surface area contributed by atoms with Crippen LogP contribution in [0.1, 0.15) is 30.4 Å². The van der Waals surface area contributed by atoms with Gasteiger partial charge >= 0.3 is 0 Å². The van der Waals surface area contributed by atoms with Crippen molar-refractivity contribution in [3.8, 4) is 11.5 Å². The molecule has 4 nitrogen and oxygen atoms in total. The summed E-state index contributed by atoms with van der Waals surface area (Å²) < 4.78 is 55.3. The van der Waals surface area contributed by atoms with Gasteiger partial charge in [-0.3, -0.25) is 4.79 Å². The predicted octanol–water partition coefficient (Wildman–Crippen LogP) is 4.93. The largest absolute Gasteiger partial charge is 0.486 e. The summed E-state index contributed by atoms with van der Waals surface area (Å²) >= 11 is 0. The van der Waals surface area contributed by atoms with E-state index in [4.69, 9.17) is 9.47 Å². The molecule has 0 aromatic heterocycles. The van der Waals surface area contributed by atoms with E-state index >= 15 is 8.78 Å². The third-order valence-electron chi connectivity index (χ3n) is 7.43. The molecule has 2 aromatic carbocycles. The molecule has 1 aliphatic carbocycles. The lowest BCUT2D eigenvalue weighted by atomic mass is 9.61. The molecule has 0 spiro atoms. The molecule has 2 heterocycles. The van der Waals surface area contributed by atoms with Crippen LogP contribution in [0.5, 0.6) is 11.5 Å². The van der Waals surface area contributed by atoms with Crippen molar-refractivity contribution in [3.63, 3.8) is 0 Å². The van der Waals surface area contributed by atoms with Crippen LogP contribution in [0.4, 0.5) is 13.2 Å². The number of carbonyl (C=O) groups is 1. The zero-order valence-corrected chi connectivity index (χ0v) is 19.2. The summed E-state index contributed by atoms with van der Waals surface area (Å²) in [6.45, 7) is 3.22. The third kappa shape index (κ3) is 4.67. The predicted molar refractivity (Wildman–Crippen MR) is 122 cm³/mol. The fraction of sp³-hybridized carbons (Fsp3) is 0.519. The van der Waals surface area contributed by atoms with E-state index in [9.17, 15) is 9.18 Å². The summed E-state index contributed by atoms with van der Waals surface area (Å²) in [7, 11) is 0. The van der Waals surface area contributed by atoms with Crippen LogP contribution in [-0.2, 0) is 17.6 Å². The molecule has 0 amide bonds. The van der Waals surface area contributed by atoms with Crippen molar-refractivity contribution in [1.82, 2.24) is 4.90 Å². The molecule has 0 bridgehead atoms. The number of carbonyl (C=O) groups excluding carboxylic acids is 1. The van der Waals surface area contributed by atoms with Crippen molar-refractivity contribution in [2.75, 3.05) is 32.8 Å². The molecule has 3 unspecified atom stereocenters. The minimum Gasteiger partial charge on any atom is -0.486 e. The van der Waals surface area contributed by atoms with Gasteiger partial charge in [-0.25, -0.2) is 13.2 Å². The Kier molecular flexibility index (Phi) is 6.56. The van der Waals surface area contributed by atoms with Crippen molar-refractivity contribution in [2.45, 2.75) is 38.0 Å². The van der Waals surface area contributed by atoms with Gasteiger partial charge in [0.05, 0.1) is 11.8 Å². The molecule has 2 aromatic rings. The number of aryl methyl sites for hydroxylation is 1. The molecule has 1 saturated heterocycles. The van der Waals surface area contributed by atoms with E-state index in [2.05, 4.69) is 4.90 Å². The number of rotatable bonds is 8. The van der Waals surface area contributed by atoms with Gasteiger partial charge in [-0.2, -0.15) is 0 Å². The van der Waals surface area contributed by atoms with Crippen LogP contribution in [0.3, 0.4) is 0 Å². The Balaban J connectivity index is 1.31. The van der Waals surface area contributed by atoms with Crippen LogP contribution in [0, 0.1) is 23.6 Å². The molecule has 3 aliphatic rings. The number of hydrogen-bond donors (Lipinski definition) is 0. The zero-order valence-electron chi connectivity index (χ0n) is 19.2. The highest BCUT2D eigenvalue weighted by atomic mass is 19.3. The number of hydrogen-bond acceptors (Lipinski definition) is 4. The fourth-order valence-corrected chi connectivity index (χ4v) is 5.66. The highest BCUT2D eigenvalue weighted by Crippen LogP contribution is 2.52. The Morgan fingerprint density at radius 1 is 0.971 bits per heavy atom. The molecule has 1 saturated carbocycles. The van der Waals surface area contributed by atoms with Crippen LogP contribution in [0.15, 0.2) is 42.5 Å². The average Bonchev–Trinajstić information content (AvgIpc) is 3.33. The highest BCUT2D eigenvalue weighted by molar-refractivity contribution is 5.92. The van der Waals surface area contributed by atoms with Crippen LogP contribution in [-0.4, -0.2) is 49.5 Å². The van der Waals surface area contributed by atoms with Gasteiger partial charge in [0.15, 0.2) is 17.3 Å². The van der Waals surface area contributed by atoms with Crippen LogP contribution in [0.2, 0.25) is 0 Å². The van der Waals surface area contributed by atoms with E-state index in [0.717, 1.165) is 37.1 Å². The lowest BCUT2D eigenvalue weighted by molar-refractivity contribution is -0.204. The smallest absolute Gasteiger partial charge is 0.267 e. The first-order valence-electron chi connectivity index (χ1n) is 12.2. The standard InChI is InChI=1S/C27H30F3NO3/c28-21-7-3-18(4-8-21)5-9-22-26(32)25(27(22,29)30)20(17-31-11-1-2-12-31)15-19-6-10-23-24(16-19)34-14-13-33-23/h3-4,6-8,10,16,20,22,25H,1-2,5,9,11-15,17H2. The van der Waals surface area contributed by atoms with Gasteiger partial charge in [0.1, 0.15) is 19.0 Å². The first kappa shape index (κ1) is 23.2. The Hall–Kier alpha value is -2.54. The van der Waals surface area contributed by atoms with E-state index < -0.39 is 23.7 Å². The molecule has 34 heavy (non-hydrogen) atoms. The topological polar surface area (TPSA) is 38.8 Å². The SMILES string of the molecule is O=C1C(CCc2ccc(F)cc2)C(F)(F)C1C(Cc1ccc2c(c1)OCCO2)CN1CCCC1. The maximum Gasteiger partial charge on any atom is 0.267 e. The number of likely N-dealkylation sites (tertiary alicyclic amines) is 1. The van der Waals surface area contributed by atoms with Crippen molar-refractivity contribution in [1.29, 1.82) is 0 Å². The van der Waals surface area contributed by atoms with Crippen molar-refractivity contribution < 1.29 is 27.4 Å². The van der Waals surface area contributed by atoms with Crippen molar-refractivity contribution >= 4 is 5.78 Å². The van der Waals surface area contributed by atoms with Gasteiger partial charge in [0.2, 0.25) is 0 Å². The van der Waals surface area contributed by atoms with E-state index in [1.807, 2.05) is 18.2 Å². The molecule has 182 valence electrons. The molecule has 5 rings (SSSR count). The molecule has 0 N–H and O–H groups in total. The number of halogens is 3. The maximum atomic E-state index is 15.4. The summed E-state index contributed by atoms with van der Waals surface area (Å²) in [6.07, 6.45) is 2.92. The molecule has 2 fully saturated rings. The average molecular weight is 474 g/mol. The first-order chi connectivity index (χ1) is 16.4. The van der Waals surface area contributed by atoms with Crippen molar-refractivity contribution in [2.24, 2.45) is 17.8 Å². The van der Waals surface area contributed by atoms with E-state index in [-0.39, 0.29) is 18.0 Å². The molecule has 7 heteroatoms. The molecule has 0 radical (unpaired) electrons. The Labute approximate surface area is 198 Å². The molecule has 3 atom stereocenters. The number of ether oxygens (including phenoxy) is 2. The van der Waals surface area contributed by atoms with Gasteiger partial charge < -0.3 is 14.4 Å². The zero-order chi connectivity index (χ0) is 23.7. The van der Waals surface area contributed by atoms with Crippen LogP contribution in [0.25, 0.3) is 0 Å². The quantitative estimate of drug-likeness (QED) is 0.545. The number of fused-ring (bicyclic) bond motifs is 1. The summed E-state index contributed by atoms with van der Waals surface area (Å²) in [6, 6.07) is 11.4. The van der Waals surface area contributed by atoms with Gasteiger partial charge in [-0.15, -0.1) is 0 Å². The van der Waals surface area contributed by atoms with E-state index in [0.29, 0.717) is 44.1 Å². The van der Waals surface area contributed by atoms with Crippen LogP contribution >= 0.6 is 0 Å². The van der Waals surface area contributed by atoms with E-state index in [1.54, 1.807) is 12.1 Å². The molecular weight excluding hydrogens is 443 g/mol. The first-order valence-corrected chi connectivity index (χ1v) is 12.2. The number of benzene rings is 2. The van der Waals surface area contributed by atoms with Crippen molar-refractivity contribution in [3.05, 3.63) is 59.4 Å². The Morgan fingerprint density at radius 2 is 1.65 bits per heavy atom. The number of alkyl halides is 2. The Bertz CT molecular complexity index is 1020. The second-order valence-corrected chi connectivity index (χ2v) is 9.72. The number of Topliss-reactive ketones (excluding diaryl/α,β-unsaturated/α-hetero) is 1. The maximum absolute atomic E-state index is 15.4. The van der Waals surface area contributed by atoms with Gasteiger partial charge in [0.25, 0.3) is 5.92 Å². The summed E-state index contributed by atoms with van der Waals surface area (Å²) in [4.78, 5) is 15.3. The minimum atomic E-state index is -3.05. The summed E-state index contributed by atoms with van der Waals surface area (Å²) in [5, 5.41) is 0. The molecule has 2 aliphatic heterocycles. The summed E-state index contributed by atoms with van der Waals surface area (Å²) in [5.41, 5.74) is 1.64. The van der Waals surface area contributed by atoms with Gasteiger partial charge in [0, 0.05) is 6.54 Å². The summed E-state index contributed by atoms with van der Waals surface area (Å²) in [5.74, 6) is -5.47. The third-order valence-corrected chi connectivity index (χ3v) is 7.43. The Morgan fingerprint density at radius 3 is 2.35 bits per heavy atom. The van der Waals surface area contributed by atoms with Gasteiger partial charge in [-0.1, -0.05) is 18.2 Å². The normalized spacial score (nSPS) is 24.6. The van der Waals surface area contributed by atoms with E-state index in [1.165, 1.54) is 12.1 Å². The molecular formula is C27H30F3NO3. The van der Waals surface area contributed by atoms with Crippen LogP contribution < -0.4 is 9.47 Å². The number of nitrogens with zero attached hydrogens (tertiary/aromatic N) is 1. The number of ketones is 1. The lowest BCUT2D eigenvalue weighted by Crippen LogP contribution is -2.62. The fourth-order valence-electron chi connectivity index (χ4n) is 5.66. The highest BCUT2D eigenvalue weighted by Gasteiger charge is 2.66. The monoisotopic (exact) mass is 473 g/mol.